The minimum atomic E-state index is -0.160. The first-order valence-corrected chi connectivity index (χ1v) is 6.45. The number of carbonyl (C=O) groups excluding carboxylic acids is 1. The first kappa shape index (κ1) is 13.2. The first-order valence-electron chi connectivity index (χ1n) is 6.08. The summed E-state index contributed by atoms with van der Waals surface area (Å²) in [6.07, 6.45) is 2.55. The number of carbonyl (C=O) groups is 1. The van der Waals surface area contributed by atoms with E-state index in [1.807, 2.05) is 0 Å². The maximum atomic E-state index is 11.8. The highest BCUT2D eigenvalue weighted by Gasteiger charge is 2.20. The largest absolute Gasteiger partial charge is 0.398 e. The molecule has 1 fully saturated rings. The fraction of sp³-hybridized carbons (Fsp3) is 0.462. The molecule has 0 bridgehead atoms. The van der Waals surface area contributed by atoms with Crippen molar-refractivity contribution in [3.63, 3.8) is 0 Å². The lowest BCUT2D eigenvalue weighted by atomic mass is 10.2. The van der Waals surface area contributed by atoms with Gasteiger partial charge < -0.3 is 15.8 Å². The van der Waals surface area contributed by atoms with Crippen LogP contribution in [-0.4, -0.2) is 25.7 Å². The van der Waals surface area contributed by atoms with Crippen LogP contribution in [0, 0.1) is 5.92 Å². The second-order valence-corrected chi connectivity index (χ2v) is 4.92. The van der Waals surface area contributed by atoms with Crippen molar-refractivity contribution in [2.24, 2.45) is 5.92 Å². The Morgan fingerprint density at radius 1 is 1.50 bits per heavy atom. The van der Waals surface area contributed by atoms with Gasteiger partial charge >= 0.3 is 0 Å². The van der Waals surface area contributed by atoms with Crippen LogP contribution < -0.4 is 11.1 Å². The zero-order valence-corrected chi connectivity index (χ0v) is 10.9. The Balaban J connectivity index is 1.70. The number of benzene rings is 1. The smallest absolute Gasteiger partial charge is 0.251 e. The average Bonchev–Trinajstić information content (AvgIpc) is 3.16. The molecule has 0 unspecified atom stereocenters. The number of hydrogen-bond donors (Lipinski definition) is 2. The second-order valence-electron chi connectivity index (χ2n) is 4.51. The van der Waals surface area contributed by atoms with Gasteiger partial charge in [0.25, 0.3) is 5.91 Å². The number of nitrogen functional groups attached to an aromatic ring is 1. The Hall–Kier alpha value is -1.26. The zero-order valence-electron chi connectivity index (χ0n) is 10.1. The van der Waals surface area contributed by atoms with Crippen molar-refractivity contribution in [2.75, 3.05) is 25.5 Å². The number of hydrogen-bond acceptors (Lipinski definition) is 3. The van der Waals surface area contributed by atoms with Gasteiger partial charge in [-0.15, -0.1) is 0 Å². The monoisotopic (exact) mass is 268 g/mol. The molecular formula is C13H17ClN2O2. The van der Waals surface area contributed by atoms with Gasteiger partial charge in [-0.3, -0.25) is 4.79 Å². The van der Waals surface area contributed by atoms with E-state index in [2.05, 4.69) is 5.32 Å². The molecule has 1 aliphatic carbocycles. The summed E-state index contributed by atoms with van der Waals surface area (Å²) < 4.78 is 5.43. The molecule has 5 heteroatoms. The first-order chi connectivity index (χ1) is 8.66. The lowest BCUT2D eigenvalue weighted by Gasteiger charge is -2.07. The standard InChI is InChI=1S/C13H17ClN2O2/c14-11-7-10(3-4-12(11)15)13(17)16-5-6-18-8-9-1-2-9/h3-4,7,9H,1-2,5-6,8,15H2,(H,16,17). The minimum Gasteiger partial charge on any atom is -0.398 e. The van der Waals surface area contributed by atoms with E-state index in [0.717, 1.165) is 12.5 Å². The van der Waals surface area contributed by atoms with Crippen LogP contribution in [0.25, 0.3) is 0 Å². The summed E-state index contributed by atoms with van der Waals surface area (Å²) in [5, 5.41) is 3.17. The number of amides is 1. The van der Waals surface area contributed by atoms with E-state index in [4.69, 9.17) is 22.1 Å². The highest BCUT2D eigenvalue weighted by Crippen LogP contribution is 2.28. The van der Waals surface area contributed by atoms with Crippen LogP contribution in [0.3, 0.4) is 0 Å². The van der Waals surface area contributed by atoms with Crippen molar-refractivity contribution < 1.29 is 9.53 Å². The van der Waals surface area contributed by atoms with Crippen LogP contribution >= 0.6 is 11.6 Å². The quantitative estimate of drug-likeness (QED) is 0.613. The van der Waals surface area contributed by atoms with Crippen LogP contribution in [0.1, 0.15) is 23.2 Å². The third-order valence-corrected chi connectivity index (χ3v) is 3.17. The zero-order chi connectivity index (χ0) is 13.0. The van der Waals surface area contributed by atoms with Crippen molar-refractivity contribution in [1.29, 1.82) is 0 Å². The molecule has 0 aliphatic heterocycles. The fourth-order valence-electron chi connectivity index (χ4n) is 1.54. The molecule has 1 aliphatic rings. The molecule has 1 amide bonds. The van der Waals surface area contributed by atoms with Gasteiger partial charge in [0.15, 0.2) is 0 Å². The van der Waals surface area contributed by atoms with Crippen molar-refractivity contribution in [2.45, 2.75) is 12.8 Å². The summed E-state index contributed by atoms with van der Waals surface area (Å²) in [4.78, 5) is 11.8. The molecule has 1 aromatic carbocycles. The van der Waals surface area contributed by atoms with Gasteiger partial charge in [0.2, 0.25) is 0 Å². The van der Waals surface area contributed by atoms with Crippen LogP contribution in [0.4, 0.5) is 5.69 Å². The van der Waals surface area contributed by atoms with Crippen LogP contribution in [0.5, 0.6) is 0 Å². The number of nitrogens with two attached hydrogens (primary N) is 1. The summed E-state index contributed by atoms with van der Waals surface area (Å²) >= 11 is 5.85. The predicted molar refractivity (Wildman–Crippen MR) is 71.7 cm³/mol. The Morgan fingerprint density at radius 3 is 2.94 bits per heavy atom. The molecule has 0 radical (unpaired) electrons. The molecule has 3 N–H and O–H groups in total. The highest BCUT2D eigenvalue weighted by atomic mass is 35.5. The van der Waals surface area contributed by atoms with Crippen molar-refractivity contribution in [3.05, 3.63) is 28.8 Å². The molecular weight excluding hydrogens is 252 g/mol. The summed E-state index contributed by atoms with van der Waals surface area (Å²) in [6.45, 7) is 1.86. The normalized spacial score (nSPS) is 14.5. The molecule has 98 valence electrons. The van der Waals surface area contributed by atoms with Crippen LogP contribution in [0.2, 0.25) is 5.02 Å². The van der Waals surface area contributed by atoms with Crippen LogP contribution in [-0.2, 0) is 4.74 Å². The Labute approximate surface area is 111 Å². The maximum absolute atomic E-state index is 11.8. The highest BCUT2D eigenvalue weighted by molar-refractivity contribution is 6.33. The van der Waals surface area contributed by atoms with Gasteiger partial charge in [-0.05, 0) is 37.0 Å². The van der Waals surface area contributed by atoms with Crippen molar-refractivity contribution in [3.8, 4) is 0 Å². The molecule has 4 nitrogen and oxygen atoms in total. The van der Waals surface area contributed by atoms with E-state index in [0.29, 0.717) is 29.4 Å². The van der Waals surface area contributed by atoms with E-state index in [9.17, 15) is 4.79 Å². The van der Waals surface area contributed by atoms with Crippen molar-refractivity contribution >= 4 is 23.2 Å². The minimum absolute atomic E-state index is 0.160. The molecule has 0 spiro atoms. The number of nitrogens with one attached hydrogen (secondary N) is 1. The van der Waals surface area contributed by atoms with E-state index < -0.39 is 0 Å². The van der Waals surface area contributed by atoms with Gasteiger partial charge in [0, 0.05) is 18.7 Å². The van der Waals surface area contributed by atoms with Gasteiger partial charge in [-0.2, -0.15) is 0 Å². The number of halogens is 1. The maximum Gasteiger partial charge on any atom is 0.251 e. The van der Waals surface area contributed by atoms with Crippen molar-refractivity contribution in [1.82, 2.24) is 5.32 Å². The summed E-state index contributed by atoms with van der Waals surface area (Å²) in [5.41, 5.74) is 6.56. The third-order valence-electron chi connectivity index (χ3n) is 2.85. The number of ether oxygens (including phenoxy) is 1. The summed E-state index contributed by atoms with van der Waals surface area (Å²) in [5.74, 6) is 0.587. The lowest BCUT2D eigenvalue weighted by molar-refractivity contribution is 0.0906. The Bertz CT molecular complexity index is 433. The van der Waals surface area contributed by atoms with E-state index in [1.165, 1.54) is 12.8 Å². The molecule has 0 saturated heterocycles. The Morgan fingerprint density at radius 2 is 2.28 bits per heavy atom. The van der Waals surface area contributed by atoms with E-state index >= 15 is 0 Å². The number of anilines is 1. The van der Waals surface area contributed by atoms with E-state index in [-0.39, 0.29) is 5.91 Å². The SMILES string of the molecule is Nc1ccc(C(=O)NCCOCC2CC2)cc1Cl. The van der Waals surface area contributed by atoms with Gasteiger partial charge in [-0.1, -0.05) is 11.6 Å². The lowest BCUT2D eigenvalue weighted by Crippen LogP contribution is -2.27. The fourth-order valence-corrected chi connectivity index (χ4v) is 1.72. The van der Waals surface area contributed by atoms with Gasteiger partial charge in [-0.25, -0.2) is 0 Å². The number of rotatable bonds is 6. The molecule has 18 heavy (non-hydrogen) atoms. The molecule has 0 aromatic heterocycles. The topological polar surface area (TPSA) is 64.4 Å². The second kappa shape index (κ2) is 6.07. The average molecular weight is 269 g/mol. The van der Waals surface area contributed by atoms with E-state index in [1.54, 1.807) is 18.2 Å². The molecule has 2 rings (SSSR count). The van der Waals surface area contributed by atoms with Gasteiger partial charge in [0.05, 0.1) is 17.3 Å². The molecule has 0 heterocycles. The third kappa shape index (κ3) is 3.89. The molecule has 1 aromatic rings. The summed E-state index contributed by atoms with van der Waals surface area (Å²) in [6, 6.07) is 4.85. The summed E-state index contributed by atoms with van der Waals surface area (Å²) in [7, 11) is 0. The molecule has 1 saturated carbocycles. The van der Waals surface area contributed by atoms with Gasteiger partial charge in [0.1, 0.15) is 0 Å². The predicted octanol–water partition coefficient (Wildman–Crippen LogP) is 2.08. The van der Waals surface area contributed by atoms with Crippen LogP contribution in [0.15, 0.2) is 18.2 Å². The Kier molecular flexibility index (Phi) is 4.44. The molecule has 0 atom stereocenters.